The van der Waals surface area contributed by atoms with Crippen LogP contribution in [0.15, 0.2) is 59.8 Å². The zero-order chi connectivity index (χ0) is 17.4. The molecule has 0 aromatic heterocycles. The van der Waals surface area contributed by atoms with E-state index in [2.05, 4.69) is 42.2 Å². The Labute approximate surface area is 148 Å². The Morgan fingerprint density at radius 2 is 1.92 bits per heavy atom. The van der Waals surface area contributed by atoms with Crippen LogP contribution in [0.2, 0.25) is 0 Å². The van der Waals surface area contributed by atoms with Gasteiger partial charge in [-0.15, -0.1) is 0 Å². The number of hydrogen-bond acceptors (Lipinski definition) is 3. The first-order valence-corrected chi connectivity index (χ1v) is 9.01. The van der Waals surface area contributed by atoms with Crippen LogP contribution in [0.4, 0.5) is 5.69 Å². The smallest absolute Gasteiger partial charge is 0.161 e. The minimum atomic E-state index is -0.00505. The lowest BCUT2D eigenvalue weighted by atomic mass is 9.74. The number of aryl methyl sites for hydroxylation is 1. The summed E-state index contributed by atoms with van der Waals surface area (Å²) in [5.41, 5.74) is 6.70. The normalized spacial score (nSPS) is 19.7. The van der Waals surface area contributed by atoms with Gasteiger partial charge in [0, 0.05) is 35.8 Å². The molecule has 25 heavy (non-hydrogen) atoms. The van der Waals surface area contributed by atoms with Gasteiger partial charge in [0.1, 0.15) is 0 Å². The lowest BCUT2D eigenvalue weighted by Crippen LogP contribution is -2.36. The number of allylic oxidation sites excluding steroid dienone is 2. The summed E-state index contributed by atoms with van der Waals surface area (Å²) in [5, 5.41) is 9.60. The third kappa shape index (κ3) is 2.69. The highest BCUT2D eigenvalue weighted by Crippen LogP contribution is 2.48. The number of Topliss-reactive ketones (excluding diaryl/α,β-unsaturated/α-hetero) is 1. The Balaban J connectivity index is 1.98. The Bertz CT molecular complexity index is 838. The summed E-state index contributed by atoms with van der Waals surface area (Å²) >= 11 is 0. The van der Waals surface area contributed by atoms with Crippen molar-refractivity contribution in [3.05, 3.63) is 76.5 Å². The number of carbonyl (C=O) groups excluding carboxylic acids is 1. The Morgan fingerprint density at radius 1 is 1.12 bits per heavy atom. The maximum atomic E-state index is 12.9. The van der Waals surface area contributed by atoms with Crippen molar-refractivity contribution in [2.75, 3.05) is 18.1 Å². The van der Waals surface area contributed by atoms with Crippen molar-refractivity contribution in [2.45, 2.75) is 32.1 Å². The van der Waals surface area contributed by atoms with Gasteiger partial charge >= 0.3 is 0 Å². The molecule has 0 saturated heterocycles. The second-order valence-corrected chi connectivity index (χ2v) is 6.92. The molecule has 128 valence electrons. The van der Waals surface area contributed by atoms with Crippen LogP contribution in [0.5, 0.6) is 0 Å². The summed E-state index contributed by atoms with van der Waals surface area (Å²) in [7, 11) is 0. The minimum Gasteiger partial charge on any atom is -0.395 e. The maximum absolute atomic E-state index is 12.9. The average Bonchev–Trinajstić information content (AvgIpc) is 2.63. The van der Waals surface area contributed by atoms with Crippen molar-refractivity contribution in [3.8, 4) is 0 Å². The van der Waals surface area contributed by atoms with Crippen LogP contribution >= 0.6 is 0 Å². The molecule has 2 aromatic rings. The molecule has 0 amide bonds. The number of anilines is 1. The summed E-state index contributed by atoms with van der Waals surface area (Å²) in [6.07, 6.45) is 2.41. The highest BCUT2D eigenvalue weighted by atomic mass is 16.3. The number of ketones is 1. The van der Waals surface area contributed by atoms with Gasteiger partial charge in [-0.2, -0.15) is 0 Å². The molecular weight excluding hydrogens is 310 g/mol. The molecular formula is C22H23NO2. The van der Waals surface area contributed by atoms with Crippen LogP contribution in [0, 0.1) is 6.92 Å². The van der Waals surface area contributed by atoms with Crippen LogP contribution < -0.4 is 4.90 Å². The summed E-state index contributed by atoms with van der Waals surface area (Å²) < 4.78 is 0. The molecule has 2 aromatic carbocycles. The van der Waals surface area contributed by atoms with Gasteiger partial charge in [0.25, 0.3) is 0 Å². The number of aliphatic hydroxyl groups excluding tert-OH is 1. The van der Waals surface area contributed by atoms with Gasteiger partial charge in [0.2, 0.25) is 0 Å². The molecule has 1 aliphatic heterocycles. The standard InChI is InChI=1S/C22H23NO2/c1-15-10-11-17-19(14-15)23(12-13-24)18-8-5-9-20(25)22(18)21(17)16-6-3-2-4-7-16/h2-4,6-7,10-11,14,21,24H,5,8-9,12-13H2,1H3. The first kappa shape index (κ1) is 16.1. The number of benzene rings is 2. The number of rotatable bonds is 3. The van der Waals surface area contributed by atoms with Crippen molar-refractivity contribution < 1.29 is 9.90 Å². The van der Waals surface area contributed by atoms with Gasteiger partial charge in [-0.3, -0.25) is 4.79 Å². The SMILES string of the molecule is Cc1ccc2c(c1)N(CCO)C1=C(C(=O)CCC1)C2c1ccccc1. The van der Waals surface area contributed by atoms with Gasteiger partial charge in [-0.1, -0.05) is 42.5 Å². The molecule has 0 bridgehead atoms. The van der Waals surface area contributed by atoms with E-state index in [0.29, 0.717) is 13.0 Å². The number of fused-ring (bicyclic) bond motifs is 1. The minimum absolute atomic E-state index is 0.00505. The predicted octanol–water partition coefficient (Wildman–Crippen LogP) is 3.95. The zero-order valence-electron chi connectivity index (χ0n) is 14.5. The van der Waals surface area contributed by atoms with E-state index in [4.69, 9.17) is 0 Å². The number of β-amino-alcohol motifs (C(OH)–C–C–N with tert-alkyl or cyclic N) is 1. The van der Waals surface area contributed by atoms with E-state index in [9.17, 15) is 9.90 Å². The average molecular weight is 333 g/mol. The van der Waals surface area contributed by atoms with Crippen molar-refractivity contribution in [2.24, 2.45) is 0 Å². The summed E-state index contributed by atoms with van der Waals surface area (Å²) in [6.45, 7) is 2.70. The third-order valence-electron chi connectivity index (χ3n) is 5.29. The van der Waals surface area contributed by atoms with Crippen LogP contribution in [-0.2, 0) is 4.79 Å². The van der Waals surface area contributed by atoms with E-state index in [0.717, 1.165) is 29.8 Å². The van der Waals surface area contributed by atoms with Gasteiger partial charge in [0.05, 0.1) is 6.61 Å². The van der Waals surface area contributed by atoms with E-state index < -0.39 is 0 Å². The Kier molecular flexibility index (Phi) is 4.18. The van der Waals surface area contributed by atoms with E-state index in [1.165, 1.54) is 16.7 Å². The number of carbonyl (C=O) groups is 1. The van der Waals surface area contributed by atoms with Crippen molar-refractivity contribution in [3.63, 3.8) is 0 Å². The quantitative estimate of drug-likeness (QED) is 0.925. The van der Waals surface area contributed by atoms with Crippen molar-refractivity contribution >= 4 is 11.5 Å². The Hall–Kier alpha value is -2.39. The van der Waals surface area contributed by atoms with E-state index in [-0.39, 0.29) is 18.3 Å². The van der Waals surface area contributed by atoms with E-state index in [1.54, 1.807) is 0 Å². The molecule has 1 heterocycles. The molecule has 1 atom stereocenters. The lowest BCUT2D eigenvalue weighted by Gasteiger charge is -2.41. The van der Waals surface area contributed by atoms with Crippen LogP contribution in [0.3, 0.4) is 0 Å². The highest BCUT2D eigenvalue weighted by Gasteiger charge is 2.38. The number of hydrogen-bond donors (Lipinski definition) is 1. The van der Waals surface area contributed by atoms with Crippen molar-refractivity contribution in [1.29, 1.82) is 0 Å². The molecule has 1 unspecified atom stereocenters. The number of aliphatic hydroxyl groups is 1. The lowest BCUT2D eigenvalue weighted by molar-refractivity contribution is -0.116. The fraction of sp³-hybridized carbons (Fsp3) is 0.318. The maximum Gasteiger partial charge on any atom is 0.161 e. The first-order chi connectivity index (χ1) is 12.2. The highest BCUT2D eigenvalue weighted by molar-refractivity contribution is 6.01. The fourth-order valence-corrected chi connectivity index (χ4v) is 4.23. The third-order valence-corrected chi connectivity index (χ3v) is 5.29. The molecule has 2 aliphatic rings. The molecule has 0 spiro atoms. The molecule has 0 radical (unpaired) electrons. The second-order valence-electron chi connectivity index (χ2n) is 6.92. The molecule has 3 heteroatoms. The summed E-state index contributed by atoms with van der Waals surface area (Å²) in [6, 6.07) is 16.8. The van der Waals surface area contributed by atoms with Gasteiger partial charge in [0.15, 0.2) is 5.78 Å². The van der Waals surface area contributed by atoms with Crippen molar-refractivity contribution in [1.82, 2.24) is 0 Å². The predicted molar refractivity (Wildman–Crippen MR) is 99.8 cm³/mol. The van der Waals surface area contributed by atoms with E-state index >= 15 is 0 Å². The summed E-state index contributed by atoms with van der Waals surface area (Å²) in [4.78, 5) is 15.1. The molecule has 0 saturated carbocycles. The second kappa shape index (κ2) is 6.49. The van der Waals surface area contributed by atoms with Gasteiger partial charge < -0.3 is 10.0 Å². The Morgan fingerprint density at radius 3 is 2.68 bits per heavy atom. The topological polar surface area (TPSA) is 40.5 Å². The molecule has 3 nitrogen and oxygen atoms in total. The van der Waals surface area contributed by atoms with Crippen LogP contribution in [0.1, 0.15) is 41.9 Å². The largest absolute Gasteiger partial charge is 0.395 e. The van der Waals surface area contributed by atoms with E-state index in [1.807, 2.05) is 18.2 Å². The fourth-order valence-electron chi connectivity index (χ4n) is 4.23. The monoisotopic (exact) mass is 333 g/mol. The van der Waals surface area contributed by atoms with Crippen LogP contribution in [-0.4, -0.2) is 24.0 Å². The summed E-state index contributed by atoms with van der Waals surface area (Å²) in [5.74, 6) is 0.249. The molecule has 1 N–H and O–H groups in total. The molecule has 4 rings (SSSR count). The van der Waals surface area contributed by atoms with Crippen LogP contribution in [0.25, 0.3) is 0 Å². The molecule has 0 fully saturated rings. The molecule has 1 aliphatic carbocycles. The first-order valence-electron chi connectivity index (χ1n) is 9.01. The zero-order valence-corrected chi connectivity index (χ0v) is 14.5. The van der Waals surface area contributed by atoms with Gasteiger partial charge in [-0.25, -0.2) is 0 Å². The van der Waals surface area contributed by atoms with Gasteiger partial charge in [-0.05, 0) is 42.5 Å². The number of nitrogens with zero attached hydrogens (tertiary/aromatic N) is 1.